The van der Waals surface area contributed by atoms with Gasteiger partial charge in [0.2, 0.25) is 0 Å². The van der Waals surface area contributed by atoms with Crippen molar-refractivity contribution in [3.8, 4) is 6.07 Å². The monoisotopic (exact) mass is 204 g/mol. The molecule has 0 aliphatic rings. The first-order chi connectivity index (χ1) is 6.98. The van der Waals surface area contributed by atoms with E-state index >= 15 is 0 Å². The zero-order valence-corrected chi connectivity index (χ0v) is 9.33. The minimum absolute atomic E-state index is 0.0747. The summed E-state index contributed by atoms with van der Waals surface area (Å²) in [5.41, 5.74) is 6.47. The first-order valence-corrected chi connectivity index (χ1v) is 4.92. The summed E-state index contributed by atoms with van der Waals surface area (Å²) in [6.07, 6.45) is 2.50. The molecule has 0 radical (unpaired) electrons. The standard InChI is InChI=1S/C11H16N4/c1-4-11(2,3)15-10-8(6-12)5-9(13)7-14-10/h5,7H,4,13H2,1-3H3,(H,14,15). The van der Waals surface area contributed by atoms with Crippen molar-refractivity contribution in [2.75, 3.05) is 11.1 Å². The molecule has 0 aromatic carbocycles. The van der Waals surface area contributed by atoms with Gasteiger partial charge < -0.3 is 11.1 Å². The summed E-state index contributed by atoms with van der Waals surface area (Å²) in [5, 5.41) is 12.2. The second kappa shape index (κ2) is 4.18. The van der Waals surface area contributed by atoms with E-state index in [1.54, 1.807) is 12.3 Å². The van der Waals surface area contributed by atoms with Crippen LogP contribution in [0.1, 0.15) is 32.8 Å². The Morgan fingerprint density at radius 1 is 1.60 bits per heavy atom. The van der Waals surface area contributed by atoms with Gasteiger partial charge in [-0.2, -0.15) is 5.26 Å². The second-order valence-corrected chi connectivity index (χ2v) is 4.14. The highest BCUT2D eigenvalue weighted by Gasteiger charge is 2.17. The lowest BCUT2D eigenvalue weighted by Crippen LogP contribution is -2.30. The minimum atomic E-state index is -0.0747. The molecule has 0 aliphatic carbocycles. The number of nitrogen functional groups attached to an aromatic ring is 1. The van der Waals surface area contributed by atoms with Crippen molar-refractivity contribution in [2.45, 2.75) is 32.7 Å². The van der Waals surface area contributed by atoms with Crippen LogP contribution in [0.15, 0.2) is 12.3 Å². The first kappa shape index (κ1) is 11.3. The number of aromatic nitrogens is 1. The first-order valence-electron chi connectivity index (χ1n) is 4.92. The molecule has 0 aliphatic heterocycles. The Hall–Kier alpha value is -1.76. The van der Waals surface area contributed by atoms with Gasteiger partial charge in [-0.1, -0.05) is 6.92 Å². The van der Waals surface area contributed by atoms with Crippen LogP contribution in [0.25, 0.3) is 0 Å². The molecule has 4 heteroatoms. The molecule has 0 saturated heterocycles. The third kappa shape index (κ3) is 2.84. The normalized spacial score (nSPS) is 10.8. The summed E-state index contributed by atoms with van der Waals surface area (Å²) >= 11 is 0. The quantitative estimate of drug-likeness (QED) is 0.791. The van der Waals surface area contributed by atoms with Gasteiger partial charge >= 0.3 is 0 Å². The molecule has 15 heavy (non-hydrogen) atoms. The Bertz CT molecular complexity index is 390. The second-order valence-electron chi connectivity index (χ2n) is 4.14. The van der Waals surface area contributed by atoms with Crippen LogP contribution in [0.4, 0.5) is 11.5 Å². The van der Waals surface area contributed by atoms with E-state index in [4.69, 9.17) is 11.0 Å². The van der Waals surface area contributed by atoms with Crippen molar-refractivity contribution in [3.63, 3.8) is 0 Å². The van der Waals surface area contributed by atoms with Crippen LogP contribution < -0.4 is 11.1 Å². The van der Waals surface area contributed by atoms with Gasteiger partial charge in [-0.25, -0.2) is 4.98 Å². The molecule has 0 spiro atoms. The maximum absolute atomic E-state index is 8.93. The largest absolute Gasteiger partial charge is 0.397 e. The summed E-state index contributed by atoms with van der Waals surface area (Å²) in [7, 11) is 0. The Kier molecular flexibility index (Phi) is 3.15. The number of hydrogen-bond donors (Lipinski definition) is 2. The SMILES string of the molecule is CCC(C)(C)Nc1ncc(N)cc1C#N. The molecule has 3 N–H and O–H groups in total. The fourth-order valence-corrected chi connectivity index (χ4v) is 1.07. The topological polar surface area (TPSA) is 74.7 Å². The predicted octanol–water partition coefficient (Wildman–Crippen LogP) is 2.14. The van der Waals surface area contributed by atoms with E-state index in [1.807, 2.05) is 0 Å². The van der Waals surface area contributed by atoms with Crippen molar-refractivity contribution >= 4 is 11.5 Å². The molecule has 0 saturated carbocycles. The number of nitriles is 1. The number of hydrogen-bond acceptors (Lipinski definition) is 4. The third-order valence-corrected chi connectivity index (χ3v) is 2.37. The lowest BCUT2D eigenvalue weighted by atomic mass is 10.0. The zero-order chi connectivity index (χ0) is 11.5. The fourth-order valence-electron chi connectivity index (χ4n) is 1.07. The van der Waals surface area contributed by atoms with Crippen molar-refractivity contribution in [1.82, 2.24) is 4.98 Å². The Balaban J connectivity index is 3.01. The van der Waals surface area contributed by atoms with Crippen LogP contribution in [-0.4, -0.2) is 10.5 Å². The van der Waals surface area contributed by atoms with E-state index in [2.05, 4.69) is 37.1 Å². The number of anilines is 2. The lowest BCUT2D eigenvalue weighted by Gasteiger charge is -2.25. The van der Waals surface area contributed by atoms with Crippen LogP contribution in [0, 0.1) is 11.3 Å². The van der Waals surface area contributed by atoms with Gasteiger partial charge in [-0.3, -0.25) is 0 Å². The molecule has 0 fully saturated rings. The fraction of sp³-hybridized carbons (Fsp3) is 0.455. The van der Waals surface area contributed by atoms with E-state index in [0.29, 0.717) is 17.1 Å². The Morgan fingerprint density at radius 3 is 2.80 bits per heavy atom. The van der Waals surface area contributed by atoms with Crippen molar-refractivity contribution < 1.29 is 0 Å². The van der Waals surface area contributed by atoms with E-state index in [9.17, 15) is 0 Å². The summed E-state index contributed by atoms with van der Waals surface area (Å²) in [5.74, 6) is 0.596. The van der Waals surface area contributed by atoms with Crippen LogP contribution in [0.3, 0.4) is 0 Å². The molecule has 0 atom stereocenters. The summed E-state index contributed by atoms with van der Waals surface area (Å²) in [6, 6.07) is 3.70. The molecule has 0 amide bonds. The molecule has 0 bridgehead atoms. The average molecular weight is 204 g/mol. The predicted molar refractivity (Wildman–Crippen MR) is 61.4 cm³/mol. The molecule has 1 aromatic rings. The highest BCUT2D eigenvalue weighted by Crippen LogP contribution is 2.20. The van der Waals surface area contributed by atoms with E-state index in [-0.39, 0.29) is 5.54 Å². The van der Waals surface area contributed by atoms with Gasteiger partial charge in [-0.15, -0.1) is 0 Å². The van der Waals surface area contributed by atoms with Gasteiger partial charge in [0.15, 0.2) is 0 Å². The molecular formula is C11H16N4. The van der Waals surface area contributed by atoms with Crippen molar-refractivity contribution in [1.29, 1.82) is 5.26 Å². The van der Waals surface area contributed by atoms with E-state index in [0.717, 1.165) is 6.42 Å². The van der Waals surface area contributed by atoms with E-state index < -0.39 is 0 Å². The van der Waals surface area contributed by atoms with Gasteiger partial charge in [0, 0.05) is 5.54 Å². The maximum atomic E-state index is 8.93. The summed E-state index contributed by atoms with van der Waals surface area (Å²) in [4.78, 5) is 4.12. The van der Waals surface area contributed by atoms with Crippen molar-refractivity contribution in [3.05, 3.63) is 17.8 Å². The maximum Gasteiger partial charge on any atom is 0.144 e. The highest BCUT2D eigenvalue weighted by atomic mass is 15.0. The number of pyridine rings is 1. The van der Waals surface area contributed by atoms with Crippen molar-refractivity contribution in [2.24, 2.45) is 0 Å². The smallest absolute Gasteiger partial charge is 0.144 e. The lowest BCUT2D eigenvalue weighted by molar-refractivity contribution is 0.545. The third-order valence-electron chi connectivity index (χ3n) is 2.37. The summed E-state index contributed by atoms with van der Waals surface area (Å²) < 4.78 is 0. The Labute approximate surface area is 90.1 Å². The van der Waals surface area contributed by atoms with Crippen LogP contribution in [-0.2, 0) is 0 Å². The zero-order valence-electron chi connectivity index (χ0n) is 9.33. The molecule has 0 unspecified atom stereocenters. The highest BCUT2D eigenvalue weighted by molar-refractivity contribution is 5.58. The average Bonchev–Trinajstić information content (AvgIpc) is 2.20. The molecule has 1 aromatic heterocycles. The molecule has 80 valence electrons. The number of rotatable bonds is 3. The number of nitrogens with two attached hydrogens (primary N) is 1. The van der Waals surface area contributed by atoms with Gasteiger partial charge in [-0.05, 0) is 26.3 Å². The van der Waals surface area contributed by atoms with Gasteiger partial charge in [0.25, 0.3) is 0 Å². The number of nitrogens with one attached hydrogen (secondary N) is 1. The van der Waals surface area contributed by atoms with Gasteiger partial charge in [0.1, 0.15) is 11.9 Å². The number of nitrogens with zero attached hydrogens (tertiary/aromatic N) is 2. The van der Waals surface area contributed by atoms with Crippen LogP contribution >= 0.6 is 0 Å². The molecule has 4 nitrogen and oxygen atoms in total. The van der Waals surface area contributed by atoms with Crippen LogP contribution in [0.2, 0.25) is 0 Å². The Morgan fingerprint density at radius 2 is 2.27 bits per heavy atom. The van der Waals surface area contributed by atoms with Crippen LogP contribution in [0.5, 0.6) is 0 Å². The van der Waals surface area contributed by atoms with E-state index in [1.165, 1.54) is 0 Å². The minimum Gasteiger partial charge on any atom is -0.397 e. The molecule has 1 heterocycles. The molecular weight excluding hydrogens is 188 g/mol. The molecule has 1 rings (SSSR count). The van der Waals surface area contributed by atoms with Gasteiger partial charge in [0.05, 0.1) is 17.4 Å². The summed E-state index contributed by atoms with van der Waals surface area (Å²) in [6.45, 7) is 6.20.